The fraction of sp³-hybridized carbons (Fsp3) is 0.214. The minimum atomic E-state index is -1.23. The SMILES string of the molecule is CC1=C\C2=C(\C=C/C=C/1)C(=O)C1=C(F)C3C/C4=C/C=C\C=C/CC4=CC(=O)C3C(F)=C1C2. The highest BCUT2D eigenvalue weighted by Gasteiger charge is 2.46. The molecule has 0 saturated heterocycles. The maximum absolute atomic E-state index is 15.9. The van der Waals surface area contributed by atoms with Crippen LogP contribution in [0.3, 0.4) is 0 Å². The van der Waals surface area contributed by atoms with Crippen LogP contribution in [0.4, 0.5) is 8.78 Å². The first-order chi connectivity index (χ1) is 15.5. The first kappa shape index (κ1) is 20.5. The van der Waals surface area contributed by atoms with Crippen LogP contribution in [0, 0.1) is 11.8 Å². The van der Waals surface area contributed by atoms with Gasteiger partial charge in [0, 0.05) is 23.5 Å². The van der Waals surface area contributed by atoms with Gasteiger partial charge in [-0.1, -0.05) is 66.3 Å². The van der Waals surface area contributed by atoms with Crippen LogP contribution in [-0.2, 0) is 9.59 Å². The van der Waals surface area contributed by atoms with Crippen molar-refractivity contribution in [3.05, 3.63) is 118 Å². The maximum atomic E-state index is 15.9. The van der Waals surface area contributed by atoms with Gasteiger partial charge in [-0.05, 0) is 42.6 Å². The molecule has 0 saturated carbocycles. The number of hydrogen-bond acceptors (Lipinski definition) is 2. The molecule has 0 N–H and O–H groups in total. The Hall–Kier alpha value is -3.40. The topological polar surface area (TPSA) is 34.1 Å². The summed E-state index contributed by atoms with van der Waals surface area (Å²) in [5, 5.41) is 0. The zero-order valence-electron chi connectivity index (χ0n) is 17.7. The maximum Gasteiger partial charge on any atom is 0.196 e. The van der Waals surface area contributed by atoms with E-state index < -0.39 is 35.1 Å². The van der Waals surface area contributed by atoms with Crippen LogP contribution in [0.25, 0.3) is 0 Å². The second-order valence-corrected chi connectivity index (χ2v) is 8.67. The molecule has 0 aromatic heterocycles. The van der Waals surface area contributed by atoms with Crippen molar-refractivity contribution in [1.82, 2.24) is 0 Å². The second kappa shape index (κ2) is 7.94. The van der Waals surface area contributed by atoms with Gasteiger partial charge >= 0.3 is 0 Å². The summed E-state index contributed by atoms with van der Waals surface area (Å²) in [5.74, 6) is -4.53. The molecule has 32 heavy (non-hydrogen) atoms. The first-order valence-corrected chi connectivity index (χ1v) is 10.8. The molecule has 0 aromatic rings. The largest absolute Gasteiger partial charge is 0.294 e. The van der Waals surface area contributed by atoms with E-state index in [9.17, 15) is 9.59 Å². The van der Waals surface area contributed by atoms with Gasteiger partial charge < -0.3 is 0 Å². The quantitative estimate of drug-likeness (QED) is 0.450. The smallest absolute Gasteiger partial charge is 0.196 e. The molecule has 0 fully saturated rings. The highest BCUT2D eigenvalue weighted by molar-refractivity contribution is 6.16. The summed E-state index contributed by atoms with van der Waals surface area (Å²) in [6.45, 7) is 1.89. The Labute approximate surface area is 185 Å². The van der Waals surface area contributed by atoms with Crippen molar-refractivity contribution in [2.24, 2.45) is 11.8 Å². The van der Waals surface area contributed by atoms with E-state index in [-0.39, 0.29) is 24.0 Å². The fourth-order valence-electron chi connectivity index (χ4n) is 5.07. The van der Waals surface area contributed by atoms with E-state index in [1.165, 1.54) is 6.08 Å². The molecule has 0 aliphatic heterocycles. The second-order valence-electron chi connectivity index (χ2n) is 8.67. The average Bonchev–Trinajstić information content (AvgIpc) is 2.85. The molecule has 2 atom stereocenters. The Kier molecular flexibility index (Phi) is 5.09. The number of Topliss-reactive ketones (excluding diaryl/α,β-unsaturated/α-hetero) is 1. The van der Waals surface area contributed by atoms with Gasteiger partial charge in [0.15, 0.2) is 11.6 Å². The molecule has 0 aromatic carbocycles. The lowest BCUT2D eigenvalue weighted by Crippen LogP contribution is -2.32. The number of fused-ring (bicyclic) bond motifs is 3. The minimum Gasteiger partial charge on any atom is -0.294 e. The van der Waals surface area contributed by atoms with Crippen molar-refractivity contribution < 1.29 is 18.4 Å². The third-order valence-corrected chi connectivity index (χ3v) is 6.62. The molecular weight excluding hydrogens is 406 g/mol. The van der Waals surface area contributed by atoms with Crippen LogP contribution in [-0.4, -0.2) is 11.6 Å². The first-order valence-electron chi connectivity index (χ1n) is 10.8. The van der Waals surface area contributed by atoms with Crippen LogP contribution < -0.4 is 0 Å². The van der Waals surface area contributed by atoms with Crippen LogP contribution in [0.15, 0.2) is 118 Å². The average molecular weight is 428 g/mol. The molecule has 0 radical (unpaired) electrons. The predicted octanol–water partition coefficient (Wildman–Crippen LogP) is 6.36. The van der Waals surface area contributed by atoms with E-state index in [1.54, 1.807) is 12.2 Å². The van der Waals surface area contributed by atoms with Gasteiger partial charge in [-0.15, -0.1) is 0 Å². The fourth-order valence-corrected chi connectivity index (χ4v) is 5.07. The molecule has 2 unspecified atom stereocenters. The van der Waals surface area contributed by atoms with Crippen molar-refractivity contribution in [1.29, 1.82) is 0 Å². The molecule has 5 rings (SSSR count). The van der Waals surface area contributed by atoms with Gasteiger partial charge in [0.1, 0.15) is 11.7 Å². The Balaban J connectivity index is 1.67. The number of hydrogen-bond donors (Lipinski definition) is 0. The molecule has 0 amide bonds. The minimum absolute atomic E-state index is 0.0225. The molecule has 0 spiro atoms. The van der Waals surface area contributed by atoms with Crippen LogP contribution >= 0.6 is 0 Å². The van der Waals surface area contributed by atoms with E-state index >= 15 is 8.78 Å². The van der Waals surface area contributed by atoms with Crippen molar-refractivity contribution >= 4 is 11.6 Å². The summed E-state index contributed by atoms with van der Waals surface area (Å²) in [6.07, 6.45) is 20.5. The van der Waals surface area contributed by atoms with E-state index in [0.717, 1.165) is 16.7 Å². The van der Waals surface area contributed by atoms with Gasteiger partial charge in [0.2, 0.25) is 0 Å². The highest BCUT2D eigenvalue weighted by atomic mass is 19.1. The third kappa shape index (κ3) is 3.31. The van der Waals surface area contributed by atoms with E-state index in [4.69, 9.17) is 0 Å². The zero-order chi connectivity index (χ0) is 22.4. The zero-order valence-corrected chi connectivity index (χ0v) is 17.7. The van der Waals surface area contributed by atoms with Crippen molar-refractivity contribution in [3.8, 4) is 0 Å². The highest BCUT2D eigenvalue weighted by Crippen LogP contribution is 2.50. The molecule has 2 nitrogen and oxygen atoms in total. The summed E-state index contributed by atoms with van der Waals surface area (Å²) in [4.78, 5) is 26.5. The lowest BCUT2D eigenvalue weighted by Gasteiger charge is -2.33. The summed E-state index contributed by atoms with van der Waals surface area (Å²) in [5.41, 5.74) is 3.34. The number of carbonyl (C=O) groups is 2. The number of carbonyl (C=O) groups excluding carboxylic acids is 2. The Morgan fingerprint density at radius 2 is 1.72 bits per heavy atom. The van der Waals surface area contributed by atoms with E-state index in [0.29, 0.717) is 17.6 Å². The van der Waals surface area contributed by atoms with Gasteiger partial charge in [-0.2, -0.15) is 0 Å². The Morgan fingerprint density at radius 3 is 2.56 bits per heavy atom. The van der Waals surface area contributed by atoms with Gasteiger partial charge in [0.25, 0.3) is 0 Å². The predicted molar refractivity (Wildman–Crippen MR) is 121 cm³/mol. The van der Waals surface area contributed by atoms with Crippen LogP contribution in [0.5, 0.6) is 0 Å². The molecular formula is C28H22F2O2. The number of rotatable bonds is 0. The summed E-state index contributed by atoms with van der Waals surface area (Å²) >= 11 is 0. The lowest BCUT2D eigenvalue weighted by atomic mass is 9.70. The third-order valence-electron chi connectivity index (χ3n) is 6.62. The Bertz CT molecular complexity index is 1250. The van der Waals surface area contributed by atoms with E-state index in [1.807, 2.05) is 55.5 Å². The molecule has 160 valence electrons. The molecule has 5 aliphatic carbocycles. The van der Waals surface area contributed by atoms with Gasteiger partial charge in [-0.25, -0.2) is 8.78 Å². The number of halogens is 2. The summed E-state index contributed by atoms with van der Waals surface area (Å²) < 4.78 is 31.8. The molecule has 4 heteroatoms. The number of allylic oxidation sites excluding steroid dienone is 20. The normalized spacial score (nSPS) is 34.5. The molecule has 5 aliphatic rings. The van der Waals surface area contributed by atoms with Gasteiger partial charge in [0.05, 0.1) is 11.5 Å². The van der Waals surface area contributed by atoms with Crippen molar-refractivity contribution in [2.75, 3.05) is 0 Å². The van der Waals surface area contributed by atoms with Crippen molar-refractivity contribution in [3.63, 3.8) is 0 Å². The molecule has 0 bridgehead atoms. The van der Waals surface area contributed by atoms with E-state index in [2.05, 4.69) is 0 Å². The van der Waals surface area contributed by atoms with Crippen molar-refractivity contribution in [2.45, 2.75) is 26.2 Å². The number of ketones is 2. The standard InChI is InChI=1S/C28H22F2O2/c1-16-8-6-7-11-20-19(12-16)14-22-25(28(20)32)27(30)21-13-17-9-4-2-3-5-10-18(17)15-23(31)24(21)26(22)29/h2-9,11-12,15,21,24H,10,13-14H2,1H3/b4-2-,5-3-,7-6?,8-6+,11-7-,16-8?,16-12-,17-9-,19-12?,20-11?. The van der Waals surface area contributed by atoms with Crippen LogP contribution in [0.2, 0.25) is 0 Å². The monoisotopic (exact) mass is 428 g/mol. The molecule has 0 heterocycles. The summed E-state index contributed by atoms with van der Waals surface area (Å²) in [7, 11) is 0. The lowest BCUT2D eigenvalue weighted by molar-refractivity contribution is -0.119. The van der Waals surface area contributed by atoms with Crippen LogP contribution in [0.1, 0.15) is 26.2 Å². The van der Waals surface area contributed by atoms with Gasteiger partial charge in [-0.3, -0.25) is 9.59 Å². The Morgan fingerprint density at radius 1 is 0.906 bits per heavy atom. The summed E-state index contributed by atoms with van der Waals surface area (Å²) in [6, 6.07) is 0.